The van der Waals surface area contributed by atoms with E-state index >= 15 is 0 Å². The third-order valence-corrected chi connectivity index (χ3v) is 4.04. The summed E-state index contributed by atoms with van der Waals surface area (Å²) in [5, 5.41) is 1.14. The van der Waals surface area contributed by atoms with Crippen LogP contribution in [0.4, 0.5) is 10.5 Å². The fraction of sp³-hybridized carbons (Fsp3) is 0.500. The van der Waals surface area contributed by atoms with Crippen LogP contribution < -0.4 is 10.4 Å². The summed E-state index contributed by atoms with van der Waals surface area (Å²) in [5.41, 5.74) is 2.27. The lowest BCUT2D eigenvalue weighted by Crippen LogP contribution is -2.55. The maximum Gasteiger partial charge on any atom is 0.427 e. The highest BCUT2D eigenvalue weighted by Crippen LogP contribution is 2.22. The molecule has 1 N–H and O–H groups in total. The Hall–Kier alpha value is -2.28. The topological polar surface area (TPSA) is 79.0 Å². The van der Waals surface area contributed by atoms with Gasteiger partial charge in [0.15, 0.2) is 0 Å². The van der Waals surface area contributed by atoms with E-state index in [-0.39, 0.29) is 11.8 Å². The van der Waals surface area contributed by atoms with Gasteiger partial charge in [0.2, 0.25) is 5.91 Å². The Labute approximate surface area is 158 Å². The minimum Gasteiger partial charge on any atom is -0.443 e. The van der Waals surface area contributed by atoms with E-state index in [2.05, 4.69) is 5.43 Å². The van der Waals surface area contributed by atoms with Crippen LogP contribution in [0.2, 0.25) is 0 Å². The number of hydrogen-bond acceptors (Lipinski definition) is 4. The molecule has 1 aromatic rings. The Balaban J connectivity index is 2.24. The molecule has 0 saturated carbocycles. The molecule has 0 radical (unpaired) electrons. The second-order valence-corrected chi connectivity index (χ2v) is 7.27. The lowest BCUT2D eigenvalue weighted by molar-refractivity contribution is -0.135. The van der Waals surface area contributed by atoms with E-state index in [4.69, 9.17) is 16.3 Å². The van der Waals surface area contributed by atoms with Crippen molar-refractivity contribution < 1.29 is 19.1 Å². The van der Waals surface area contributed by atoms with Crippen LogP contribution >= 0.6 is 11.6 Å². The molecule has 1 aliphatic rings. The van der Waals surface area contributed by atoms with Crippen LogP contribution in [0.25, 0.3) is 0 Å². The van der Waals surface area contributed by atoms with E-state index in [9.17, 15) is 14.4 Å². The van der Waals surface area contributed by atoms with E-state index < -0.39 is 23.6 Å². The van der Waals surface area contributed by atoms with Gasteiger partial charge in [0.05, 0.1) is 5.69 Å². The van der Waals surface area contributed by atoms with Gasteiger partial charge in [-0.25, -0.2) is 15.2 Å². The summed E-state index contributed by atoms with van der Waals surface area (Å²) >= 11 is 5.65. The summed E-state index contributed by atoms with van der Waals surface area (Å²) < 4.78 is 5.25. The van der Waals surface area contributed by atoms with E-state index in [0.717, 1.165) is 5.01 Å². The lowest BCUT2D eigenvalue weighted by Gasteiger charge is -2.31. The Kier molecular flexibility index (Phi) is 6.47. The summed E-state index contributed by atoms with van der Waals surface area (Å²) in [5.74, 6) is -0.889. The number of ether oxygens (including phenoxy) is 1. The number of hydrogen-bond donors (Lipinski definition) is 1. The van der Waals surface area contributed by atoms with Gasteiger partial charge in [0, 0.05) is 6.54 Å². The number of likely N-dealkylation sites (tertiary alicyclic amines) is 1. The molecular weight excluding hydrogens is 358 g/mol. The Morgan fingerprint density at radius 2 is 1.92 bits per heavy atom. The molecule has 7 nitrogen and oxygen atoms in total. The highest BCUT2D eigenvalue weighted by molar-refractivity contribution is 6.27. The molecule has 3 amide bonds. The summed E-state index contributed by atoms with van der Waals surface area (Å²) in [4.78, 5) is 38.8. The molecule has 1 saturated heterocycles. The van der Waals surface area contributed by atoms with E-state index in [1.165, 1.54) is 4.90 Å². The van der Waals surface area contributed by atoms with Crippen molar-refractivity contribution in [2.45, 2.75) is 45.3 Å². The highest BCUT2D eigenvalue weighted by atomic mass is 35.5. The lowest BCUT2D eigenvalue weighted by atomic mass is 10.2. The number of carbonyl (C=O) groups is 3. The first-order valence-electron chi connectivity index (χ1n) is 8.47. The maximum absolute atomic E-state index is 13.1. The first kappa shape index (κ1) is 20.0. The molecule has 0 aromatic heterocycles. The number of anilines is 1. The predicted molar refractivity (Wildman–Crippen MR) is 98.8 cm³/mol. The van der Waals surface area contributed by atoms with Crippen LogP contribution in [-0.2, 0) is 14.3 Å². The molecule has 26 heavy (non-hydrogen) atoms. The standard InChI is InChI=1S/C18H24ClN3O4/c1-18(2,3)26-17(25)20-22(13-8-5-4-6-9-13)16(24)14-10-7-11-21(14)15(23)12-19/h4-6,8-9,14H,7,10-12H2,1-3H3,(H,20,25)/t14-/m0/s1. The molecule has 0 unspecified atom stereocenters. The monoisotopic (exact) mass is 381 g/mol. The molecule has 1 aliphatic heterocycles. The molecule has 0 spiro atoms. The highest BCUT2D eigenvalue weighted by Gasteiger charge is 2.37. The molecule has 1 aromatic carbocycles. The van der Waals surface area contributed by atoms with Crippen LogP contribution in [0.3, 0.4) is 0 Å². The second kappa shape index (κ2) is 8.40. The van der Waals surface area contributed by atoms with Gasteiger partial charge in [-0.05, 0) is 45.7 Å². The predicted octanol–water partition coefficient (Wildman–Crippen LogP) is 2.69. The Morgan fingerprint density at radius 3 is 2.50 bits per heavy atom. The second-order valence-electron chi connectivity index (χ2n) is 7.00. The molecule has 2 rings (SSSR count). The van der Waals surface area contributed by atoms with E-state index in [1.807, 2.05) is 0 Å². The van der Waals surface area contributed by atoms with Gasteiger partial charge in [-0.3, -0.25) is 9.59 Å². The number of benzene rings is 1. The van der Waals surface area contributed by atoms with E-state index in [1.54, 1.807) is 51.1 Å². The Bertz CT molecular complexity index is 660. The van der Waals surface area contributed by atoms with Crippen molar-refractivity contribution in [3.63, 3.8) is 0 Å². The maximum atomic E-state index is 13.1. The van der Waals surface area contributed by atoms with Gasteiger partial charge in [-0.1, -0.05) is 18.2 Å². The summed E-state index contributed by atoms with van der Waals surface area (Å²) in [7, 11) is 0. The summed E-state index contributed by atoms with van der Waals surface area (Å²) in [6.45, 7) is 5.67. The Morgan fingerprint density at radius 1 is 1.27 bits per heavy atom. The number of rotatable bonds is 3. The number of amides is 3. The largest absolute Gasteiger partial charge is 0.443 e. The number of halogens is 1. The average molecular weight is 382 g/mol. The van der Waals surface area contributed by atoms with Crippen molar-refractivity contribution in [2.24, 2.45) is 0 Å². The fourth-order valence-corrected chi connectivity index (χ4v) is 2.92. The first-order valence-corrected chi connectivity index (χ1v) is 9.00. The van der Waals surface area contributed by atoms with Gasteiger partial charge in [0.25, 0.3) is 5.91 Å². The smallest absolute Gasteiger partial charge is 0.427 e. The minimum atomic E-state index is -0.747. The third kappa shape index (κ3) is 5.11. The number of nitrogens with one attached hydrogen (secondary N) is 1. The molecule has 1 atom stereocenters. The average Bonchev–Trinajstić information content (AvgIpc) is 3.07. The van der Waals surface area contributed by atoms with Crippen molar-refractivity contribution in [3.8, 4) is 0 Å². The minimum absolute atomic E-state index is 0.186. The zero-order valence-corrected chi connectivity index (χ0v) is 16.0. The van der Waals surface area contributed by atoms with Crippen molar-refractivity contribution in [1.82, 2.24) is 10.3 Å². The molecule has 1 fully saturated rings. The van der Waals surface area contributed by atoms with Crippen LogP contribution in [-0.4, -0.2) is 46.9 Å². The molecule has 0 bridgehead atoms. The number of hydrazine groups is 1. The number of carbonyl (C=O) groups excluding carboxylic acids is 3. The van der Waals surface area contributed by atoms with Gasteiger partial charge in [0.1, 0.15) is 17.5 Å². The summed E-state index contributed by atoms with van der Waals surface area (Å²) in [6.07, 6.45) is 0.470. The van der Waals surface area contributed by atoms with E-state index in [0.29, 0.717) is 25.1 Å². The van der Waals surface area contributed by atoms with Gasteiger partial charge >= 0.3 is 6.09 Å². The molecule has 142 valence electrons. The van der Waals surface area contributed by atoms with Crippen molar-refractivity contribution in [2.75, 3.05) is 17.4 Å². The van der Waals surface area contributed by atoms with Gasteiger partial charge in [-0.2, -0.15) is 0 Å². The zero-order chi connectivity index (χ0) is 19.3. The van der Waals surface area contributed by atoms with Crippen LogP contribution in [0.1, 0.15) is 33.6 Å². The van der Waals surface area contributed by atoms with Crippen molar-refractivity contribution in [1.29, 1.82) is 0 Å². The van der Waals surface area contributed by atoms with Gasteiger partial charge in [-0.15, -0.1) is 11.6 Å². The quantitative estimate of drug-likeness (QED) is 0.645. The van der Waals surface area contributed by atoms with Crippen molar-refractivity contribution >= 4 is 35.2 Å². The molecule has 8 heteroatoms. The molecule has 1 heterocycles. The van der Waals surface area contributed by atoms with Crippen LogP contribution in [0, 0.1) is 0 Å². The van der Waals surface area contributed by atoms with Crippen molar-refractivity contribution in [3.05, 3.63) is 30.3 Å². The normalized spacial score (nSPS) is 16.9. The zero-order valence-electron chi connectivity index (χ0n) is 15.2. The van der Waals surface area contributed by atoms with Crippen LogP contribution in [0.15, 0.2) is 30.3 Å². The molecule has 0 aliphatic carbocycles. The first-order chi connectivity index (χ1) is 12.2. The van der Waals surface area contributed by atoms with Crippen LogP contribution in [0.5, 0.6) is 0 Å². The third-order valence-electron chi connectivity index (χ3n) is 3.81. The number of alkyl halides is 1. The molecular formula is C18H24ClN3O4. The number of nitrogens with zero attached hydrogens (tertiary/aromatic N) is 2. The SMILES string of the molecule is CC(C)(C)OC(=O)NN(C(=O)[C@@H]1CCCN1C(=O)CCl)c1ccccc1. The van der Waals surface area contributed by atoms with Gasteiger partial charge < -0.3 is 9.64 Å². The number of para-hydroxylation sites is 1. The summed E-state index contributed by atoms with van der Waals surface area (Å²) in [6, 6.07) is 8.02. The fourth-order valence-electron chi connectivity index (χ4n) is 2.76.